The molecule has 2 rings (SSSR count). The van der Waals surface area contributed by atoms with E-state index >= 15 is 0 Å². The first-order valence-corrected chi connectivity index (χ1v) is 7.58. The predicted octanol–water partition coefficient (Wildman–Crippen LogP) is 2.54. The van der Waals surface area contributed by atoms with Crippen molar-refractivity contribution in [3.63, 3.8) is 0 Å². The van der Waals surface area contributed by atoms with Crippen LogP contribution in [0.5, 0.6) is 0 Å². The van der Waals surface area contributed by atoms with Gasteiger partial charge in [-0.1, -0.05) is 18.9 Å². The summed E-state index contributed by atoms with van der Waals surface area (Å²) >= 11 is 1.89. The minimum Gasteiger partial charge on any atom is -0.306 e. The van der Waals surface area contributed by atoms with Crippen LogP contribution in [0.4, 0.5) is 0 Å². The predicted molar refractivity (Wildman–Crippen MR) is 69.9 cm³/mol. The minimum atomic E-state index is 0.0874. The van der Waals surface area contributed by atoms with Gasteiger partial charge in [0.2, 0.25) is 0 Å². The van der Waals surface area contributed by atoms with E-state index in [0.29, 0.717) is 5.78 Å². The smallest absolute Gasteiger partial charge is 0.176 e. The number of hydrogen-bond acceptors (Lipinski definition) is 3. The van der Waals surface area contributed by atoms with Gasteiger partial charge in [-0.25, -0.2) is 0 Å². The van der Waals surface area contributed by atoms with Crippen molar-refractivity contribution in [3.8, 4) is 0 Å². The molecule has 1 aliphatic heterocycles. The number of nitrogens with one attached hydrogen (secondary N) is 1. The van der Waals surface area contributed by atoms with E-state index in [0.717, 1.165) is 36.5 Å². The Balaban J connectivity index is 1.95. The number of hydrogen-bond donors (Lipinski definition) is 1. The van der Waals surface area contributed by atoms with Crippen molar-refractivity contribution < 1.29 is 4.79 Å². The van der Waals surface area contributed by atoms with Crippen LogP contribution in [0.2, 0.25) is 0 Å². The first-order valence-electron chi connectivity index (χ1n) is 6.42. The minimum absolute atomic E-state index is 0.0874. The van der Waals surface area contributed by atoms with E-state index in [1.165, 1.54) is 25.7 Å². The third-order valence-electron chi connectivity index (χ3n) is 3.35. The Labute approximate surface area is 102 Å². The number of thioether (sulfide) groups is 1. The molecule has 0 bridgehead atoms. The molecule has 0 saturated carbocycles. The zero-order chi connectivity index (χ0) is 11.2. The molecule has 16 heavy (non-hydrogen) atoms. The topological polar surface area (TPSA) is 29.1 Å². The average Bonchev–Trinajstić information content (AvgIpc) is 2.29. The molecule has 1 fully saturated rings. The van der Waals surface area contributed by atoms with Gasteiger partial charge in [0.25, 0.3) is 0 Å². The van der Waals surface area contributed by atoms with Crippen LogP contribution in [-0.4, -0.2) is 29.9 Å². The Bertz CT molecular complexity index is 269. The lowest BCUT2D eigenvalue weighted by molar-refractivity contribution is -0.117. The number of rotatable bonds is 2. The number of ketones is 1. The summed E-state index contributed by atoms with van der Waals surface area (Å²) in [6.07, 6.45) is 9.36. The first-order chi connectivity index (χ1) is 7.88. The van der Waals surface area contributed by atoms with Gasteiger partial charge >= 0.3 is 0 Å². The molecule has 2 aliphatic rings. The molecule has 0 aromatic heterocycles. The summed E-state index contributed by atoms with van der Waals surface area (Å²) in [5.41, 5.74) is 1.10. The summed E-state index contributed by atoms with van der Waals surface area (Å²) in [5, 5.41) is 3.34. The van der Waals surface area contributed by atoms with Gasteiger partial charge in [0, 0.05) is 18.1 Å². The SMILES string of the molecule is O=C(C1=CCCCCCC1)C1CSCCN1. The summed E-state index contributed by atoms with van der Waals surface area (Å²) in [5.74, 6) is 2.47. The fourth-order valence-corrected chi connectivity index (χ4v) is 3.31. The fraction of sp³-hybridized carbons (Fsp3) is 0.769. The molecular formula is C13H21NOS. The maximum atomic E-state index is 12.3. The van der Waals surface area contributed by atoms with E-state index < -0.39 is 0 Å². The highest BCUT2D eigenvalue weighted by atomic mass is 32.2. The van der Waals surface area contributed by atoms with Crippen molar-refractivity contribution >= 4 is 17.5 Å². The Morgan fingerprint density at radius 3 is 3.00 bits per heavy atom. The van der Waals surface area contributed by atoms with Crippen LogP contribution >= 0.6 is 11.8 Å². The van der Waals surface area contributed by atoms with Crippen LogP contribution in [0.25, 0.3) is 0 Å². The highest BCUT2D eigenvalue weighted by Gasteiger charge is 2.23. The second-order valence-electron chi connectivity index (χ2n) is 4.63. The monoisotopic (exact) mass is 239 g/mol. The van der Waals surface area contributed by atoms with Crippen molar-refractivity contribution in [2.45, 2.75) is 44.6 Å². The molecule has 1 unspecified atom stereocenters. The molecule has 0 aromatic carbocycles. The molecule has 1 saturated heterocycles. The van der Waals surface area contributed by atoms with Crippen molar-refractivity contribution in [3.05, 3.63) is 11.6 Å². The van der Waals surface area contributed by atoms with E-state index in [1.54, 1.807) is 0 Å². The first kappa shape index (κ1) is 12.2. The standard InChI is InChI=1S/C13H21NOS/c15-13(12-10-16-9-8-14-12)11-6-4-2-1-3-5-7-11/h6,12,14H,1-5,7-10H2. The molecule has 1 aliphatic carbocycles. The summed E-state index contributed by atoms with van der Waals surface area (Å²) < 4.78 is 0. The van der Waals surface area contributed by atoms with Crippen molar-refractivity contribution in [1.29, 1.82) is 0 Å². The zero-order valence-electron chi connectivity index (χ0n) is 9.84. The second kappa shape index (κ2) is 6.45. The lowest BCUT2D eigenvalue weighted by atomic mass is 9.94. The van der Waals surface area contributed by atoms with E-state index in [-0.39, 0.29) is 6.04 Å². The largest absolute Gasteiger partial charge is 0.306 e. The van der Waals surface area contributed by atoms with Crippen LogP contribution in [0, 0.1) is 0 Å². The Kier molecular flexibility index (Phi) is 4.91. The van der Waals surface area contributed by atoms with Gasteiger partial charge in [-0.3, -0.25) is 4.79 Å². The average molecular weight is 239 g/mol. The molecular weight excluding hydrogens is 218 g/mol. The Morgan fingerprint density at radius 1 is 1.31 bits per heavy atom. The van der Waals surface area contributed by atoms with Crippen LogP contribution in [0.3, 0.4) is 0 Å². The van der Waals surface area contributed by atoms with E-state index in [9.17, 15) is 4.79 Å². The molecule has 1 heterocycles. The third-order valence-corrected chi connectivity index (χ3v) is 4.41. The maximum Gasteiger partial charge on any atom is 0.176 e. The van der Waals surface area contributed by atoms with Crippen molar-refractivity contribution in [1.82, 2.24) is 5.32 Å². The van der Waals surface area contributed by atoms with Gasteiger partial charge in [0.1, 0.15) is 0 Å². The van der Waals surface area contributed by atoms with Gasteiger partial charge < -0.3 is 5.32 Å². The molecule has 3 heteroatoms. The quantitative estimate of drug-likeness (QED) is 0.803. The molecule has 0 radical (unpaired) electrons. The van der Waals surface area contributed by atoms with Gasteiger partial charge in [-0.15, -0.1) is 0 Å². The number of carbonyl (C=O) groups is 1. The lowest BCUT2D eigenvalue weighted by Gasteiger charge is -2.23. The molecule has 1 atom stereocenters. The van der Waals surface area contributed by atoms with Crippen LogP contribution in [0.15, 0.2) is 11.6 Å². The number of allylic oxidation sites excluding steroid dienone is 1. The zero-order valence-corrected chi connectivity index (χ0v) is 10.7. The maximum absolute atomic E-state index is 12.3. The summed E-state index contributed by atoms with van der Waals surface area (Å²) in [4.78, 5) is 12.3. The van der Waals surface area contributed by atoms with Crippen LogP contribution < -0.4 is 5.32 Å². The number of Topliss-reactive ketones (excluding diaryl/α,β-unsaturated/α-hetero) is 1. The molecule has 0 spiro atoms. The lowest BCUT2D eigenvalue weighted by Crippen LogP contribution is -2.44. The number of carbonyl (C=O) groups excluding carboxylic acids is 1. The Morgan fingerprint density at radius 2 is 2.19 bits per heavy atom. The molecule has 0 aromatic rings. The normalized spacial score (nSPS) is 27.8. The van der Waals surface area contributed by atoms with E-state index in [4.69, 9.17) is 0 Å². The highest BCUT2D eigenvalue weighted by molar-refractivity contribution is 7.99. The van der Waals surface area contributed by atoms with Crippen LogP contribution in [-0.2, 0) is 4.79 Å². The van der Waals surface area contributed by atoms with Crippen LogP contribution in [0.1, 0.15) is 38.5 Å². The molecule has 2 nitrogen and oxygen atoms in total. The van der Waals surface area contributed by atoms with Gasteiger partial charge in [0.05, 0.1) is 6.04 Å². The summed E-state index contributed by atoms with van der Waals surface area (Å²) in [6, 6.07) is 0.0874. The van der Waals surface area contributed by atoms with Gasteiger partial charge in [0.15, 0.2) is 5.78 Å². The van der Waals surface area contributed by atoms with E-state index in [1.807, 2.05) is 11.8 Å². The van der Waals surface area contributed by atoms with E-state index in [2.05, 4.69) is 11.4 Å². The fourth-order valence-electron chi connectivity index (χ4n) is 2.37. The third kappa shape index (κ3) is 3.36. The Hall–Kier alpha value is -0.280. The molecule has 1 N–H and O–H groups in total. The second-order valence-corrected chi connectivity index (χ2v) is 5.78. The summed E-state index contributed by atoms with van der Waals surface area (Å²) in [6.45, 7) is 0.981. The molecule has 90 valence electrons. The van der Waals surface area contributed by atoms with Crippen molar-refractivity contribution in [2.75, 3.05) is 18.1 Å². The molecule has 0 amide bonds. The van der Waals surface area contributed by atoms with Gasteiger partial charge in [-0.2, -0.15) is 11.8 Å². The van der Waals surface area contributed by atoms with Gasteiger partial charge in [-0.05, 0) is 31.3 Å². The van der Waals surface area contributed by atoms with Crippen molar-refractivity contribution in [2.24, 2.45) is 0 Å². The summed E-state index contributed by atoms with van der Waals surface area (Å²) in [7, 11) is 0. The highest BCUT2D eigenvalue weighted by Crippen LogP contribution is 2.20.